The molecule has 0 radical (unpaired) electrons. The lowest BCUT2D eigenvalue weighted by atomic mass is 10.1. The molecule has 0 bridgehead atoms. The molecule has 26 heavy (non-hydrogen) atoms. The second-order valence-corrected chi connectivity index (χ2v) is 7.21. The average molecular weight is 367 g/mol. The Balaban J connectivity index is 1.74. The molecular formula is C18H20F3N3O2. The highest BCUT2D eigenvalue weighted by Gasteiger charge is 2.47. The quantitative estimate of drug-likeness (QED) is 0.791. The van der Waals surface area contributed by atoms with Crippen LogP contribution in [0, 0.1) is 5.41 Å². The van der Waals surface area contributed by atoms with Crippen LogP contribution < -0.4 is 0 Å². The summed E-state index contributed by atoms with van der Waals surface area (Å²) in [7, 11) is 0. The Morgan fingerprint density at radius 2 is 1.88 bits per heavy atom. The molecule has 5 nitrogen and oxygen atoms in total. The zero-order valence-electron chi connectivity index (χ0n) is 14.8. The molecule has 1 aliphatic carbocycles. The average Bonchev–Trinajstić information content (AvgIpc) is 3.11. The predicted octanol–water partition coefficient (Wildman–Crippen LogP) is 4.29. The number of rotatable bonds is 5. The largest absolute Gasteiger partial charge is 0.471 e. The molecule has 0 atom stereocenters. The normalized spacial score (nSPS) is 16.0. The van der Waals surface area contributed by atoms with Gasteiger partial charge >= 0.3 is 12.1 Å². The zero-order chi connectivity index (χ0) is 19.1. The lowest BCUT2D eigenvalue weighted by molar-refractivity contribution is -0.159. The molecule has 140 valence electrons. The molecule has 2 aromatic rings. The van der Waals surface area contributed by atoms with Crippen molar-refractivity contribution >= 4 is 5.91 Å². The maximum atomic E-state index is 12.6. The highest BCUT2D eigenvalue weighted by Crippen LogP contribution is 2.47. The molecule has 1 amide bonds. The molecule has 8 heteroatoms. The summed E-state index contributed by atoms with van der Waals surface area (Å²) in [5.41, 5.74) is 1.06. The Morgan fingerprint density at radius 3 is 2.35 bits per heavy atom. The van der Waals surface area contributed by atoms with Gasteiger partial charge in [0.1, 0.15) is 0 Å². The number of carbonyl (C=O) groups excluding carboxylic acids is 1. The zero-order valence-corrected chi connectivity index (χ0v) is 14.8. The van der Waals surface area contributed by atoms with E-state index < -0.39 is 12.1 Å². The number of halogens is 3. The van der Waals surface area contributed by atoms with E-state index in [0.717, 1.165) is 18.4 Å². The van der Waals surface area contributed by atoms with Crippen molar-refractivity contribution in [1.82, 2.24) is 15.0 Å². The molecule has 1 aromatic carbocycles. The standard InChI is InChI=1S/C18H20F3N3O2/c1-11(2)24(16(25)17(3)8-9-17)10-12-4-6-13(7-5-12)14-22-15(26-23-14)18(19,20)21/h4-7,11H,8-10H2,1-3H3. The Morgan fingerprint density at radius 1 is 1.27 bits per heavy atom. The van der Waals surface area contributed by atoms with Gasteiger partial charge in [-0.3, -0.25) is 4.79 Å². The number of hydrogen-bond acceptors (Lipinski definition) is 4. The maximum Gasteiger partial charge on any atom is 0.471 e. The number of benzene rings is 1. The summed E-state index contributed by atoms with van der Waals surface area (Å²) in [6.07, 6.45) is -2.84. The minimum Gasteiger partial charge on any atom is -0.335 e. The predicted molar refractivity (Wildman–Crippen MR) is 87.8 cm³/mol. The molecule has 1 saturated carbocycles. The van der Waals surface area contributed by atoms with Crippen molar-refractivity contribution < 1.29 is 22.5 Å². The molecule has 1 aliphatic rings. The molecule has 1 heterocycles. The lowest BCUT2D eigenvalue weighted by Gasteiger charge is -2.29. The van der Waals surface area contributed by atoms with Crippen LogP contribution in [0.4, 0.5) is 13.2 Å². The maximum absolute atomic E-state index is 12.6. The lowest BCUT2D eigenvalue weighted by Crippen LogP contribution is -2.40. The van der Waals surface area contributed by atoms with Gasteiger partial charge in [-0.15, -0.1) is 0 Å². The molecule has 0 unspecified atom stereocenters. The van der Waals surface area contributed by atoms with Crippen LogP contribution in [-0.2, 0) is 17.5 Å². The molecular weight excluding hydrogens is 347 g/mol. The number of hydrogen-bond donors (Lipinski definition) is 0. The Hall–Kier alpha value is -2.38. The number of alkyl halides is 3. The van der Waals surface area contributed by atoms with E-state index in [0.29, 0.717) is 12.1 Å². The van der Waals surface area contributed by atoms with Crippen molar-refractivity contribution in [2.24, 2.45) is 5.41 Å². The van der Waals surface area contributed by atoms with E-state index in [1.807, 2.05) is 25.7 Å². The smallest absolute Gasteiger partial charge is 0.335 e. The van der Waals surface area contributed by atoms with E-state index in [1.165, 1.54) is 0 Å². The van der Waals surface area contributed by atoms with Gasteiger partial charge in [0.15, 0.2) is 0 Å². The van der Waals surface area contributed by atoms with Crippen LogP contribution in [0.15, 0.2) is 28.8 Å². The number of carbonyl (C=O) groups is 1. The van der Waals surface area contributed by atoms with Crippen LogP contribution in [-0.4, -0.2) is 27.0 Å². The Kier molecular flexibility index (Phi) is 4.54. The first-order chi connectivity index (χ1) is 12.1. The van der Waals surface area contributed by atoms with Gasteiger partial charge in [0.05, 0.1) is 0 Å². The molecule has 1 fully saturated rings. The fourth-order valence-corrected chi connectivity index (χ4v) is 2.65. The van der Waals surface area contributed by atoms with Gasteiger partial charge in [-0.1, -0.05) is 36.3 Å². The van der Waals surface area contributed by atoms with Gasteiger partial charge in [0.25, 0.3) is 0 Å². The summed E-state index contributed by atoms with van der Waals surface area (Å²) < 4.78 is 41.9. The monoisotopic (exact) mass is 367 g/mol. The van der Waals surface area contributed by atoms with Gasteiger partial charge in [0.2, 0.25) is 11.7 Å². The van der Waals surface area contributed by atoms with Crippen LogP contribution in [0.1, 0.15) is 45.1 Å². The fraction of sp³-hybridized carbons (Fsp3) is 0.500. The third kappa shape index (κ3) is 3.73. The van der Waals surface area contributed by atoms with Crippen LogP contribution in [0.2, 0.25) is 0 Å². The summed E-state index contributed by atoms with van der Waals surface area (Å²) in [5.74, 6) is -1.35. The summed E-state index contributed by atoms with van der Waals surface area (Å²) in [5, 5.41) is 3.37. The van der Waals surface area contributed by atoms with Crippen LogP contribution >= 0.6 is 0 Å². The van der Waals surface area contributed by atoms with Gasteiger partial charge in [-0.2, -0.15) is 18.2 Å². The SMILES string of the molecule is CC(C)N(Cc1ccc(-c2noc(C(F)(F)F)n2)cc1)C(=O)C1(C)CC1. The van der Waals surface area contributed by atoms with Crippen molar-refractivity contribution in [3.8, 4) is 11.4 Å². The van der Waals surface area contributed by atoms with E-state index in [9.17, 15) is 18.0 Å². The van der Waals surface area contributed by atoms with Crippen molar-refractivity contribution in [3.05, 3.63) is 35.7 Å². The second-order valence-electron chi connectivity index (χ2n) is 7.21. The minimum absolute atomic E-state index is 0.0613. The molecule has 1 aromatic heterocycles. The molecule has 0 aliphatic heterocycles. The van der Waals surface area contributed by atoms with Crippen molar-refractivity contribution in [2.75, 3.05) is 0 Å². The molecule has 0 spiro atoms. The molecule has 0 saturated heterocycles. The third-order valence-corrected chi connectivity index (χ3v) is 4.63. The van der Waals surface area contributed by atoms with E-state index in [2.05, 4.69) is 14.7 Å². The molecule has 3 rings (SSSR count). The summed E-state index contributed by atoms with van der Waals surface area (Å²) >= 11 is 0. The highest BCUT2D eigenvalue weighted by atomic mass is 19.4. The van der Waals surface area contributed by atoms with Crippen molar-refractivity contribution in [1.29, 1.82) is 0 Å². The van der Waals surface area contributed by atoms with Crippen molar-refractivity contribution in [3.63, 3.8) is 0 Å². The van der Waals surface area contributed by atoms with Crippen LogP contribution in [0.3, 0.4) is 0 Å². The number of amides is 1. The second kappa shape index (κ2) is 6.41. The Bertz CT molecular complexity index is 793. The fourth-order valence-electron chi connectivity index (χ4n) is 2.65. The number of aromatic nitrogens is 2. The number of nitrogens with zero attached hydrogens (tertiary/aromatic N) is 3. The summed E-state index contributed by atoms with van der Waals surface area (Å²) in [6.45, 7) is 6.36. The van der Waals surface area contributed by atoms with Crippen LogP contribution in [0.25, 0.3) is 11.4 Å². The van der Waals surface area contributed by atoms with E-state index in [-0.39, 0.29) is 23.2 Å². The first kappa shape index (κ1) is 18.4. The van der Waals surface area contributed by atoms with Crippen LogP contribution in [0.5, 0.6) is 0 Å². The van der Waals surface area contributed by atoms with E-state index in [1.54, 1.807) is 24.3 Å². The van der Waals surface area contributed by atoms with Gasteiger partial charge in [-0.25, -0.2) is 0 Å². The minimum atomic E-state index is -4.66. The topological polar surface area (TPSA) is 59.2 Å². The Labute approximate surface area is 149 Å². The van der Waals surface area contributed by atoms with Gasteiger partial charge < -0.3 is 9.42 Å². The highest BCUT2D eigenvalue weighted by molar-refractivity contribution is 5.85. The van der Waals surface area contributed by atoms with E-state index >= 15 is 0 Å². The van der Waals surface area contributed by atoms with Gasteiger partial charge in [0, 0.05) is 23.6 Å². The third-order valence-electron chi connectivity index (χ3n) is 4.63. The first-order valence-corrected chi connectivity index (χ1v) is 8.41. The molecule has 0 N–H and O–H groups in total. The summed E-state index contributed by atoms with van der Waals surface area (Å²) in [4.78, 5) is 17.8. The first-order valence-electron chi connectivity index (χ1n) is 8.41. The van der Waals surface area contributed by atoms with Gasteiger partial charge in [-0.05, 0) is 32.3 Å². The van der Waals surface area contributed by atoms with Crippen molar-refractivity contribution in [2.45, 2.75) is 52.4 Å². The summed E-state index contributed by atoms with van der Waals surface area (Å²) in [6, 6.07) is 6.84. The van der Waals surface area contributed by atoms with E-state index in [4.69, 9.17) is 0 Å².